The molecule has 0 unspecified atom stereocenters. The summed E-state index contributed by atoms with van der Waals surface area (Å²) < 4.78 is 28.1. The quantitative estimate of drug-likeness (QED) is 0.717. The third-order valence-electron chi connectivity index (χ3n) is 4.85. The Hall–Kier alpha value is -2.52. The van der Waals surface area contributed by atoms with E-state index in [9.17, 15) is 8.42 Å². The monoisotopic (exact) mass is 386 g/mol. The molecule has 0 bridgehead atoms. The van der Waals surface area contributed by atoms with Gasteiger partial charge in [-0.3, -0.25) is 0 Å². The summed E-state index contributed by atoms with van der Waals surface area (Å²) in [6, 6.07) is 12.0. The van der Waals surface area contributed by atoms with E-state index in [0.717, 1.165) is 43.0 Å². The van der Waals surface area contributed by atoms with Crippen LogP contribution in [0.1, 0.15) is 19.8 Å². The van der Waals surface area contributed by atoms with Crippen LogP contribution >= 0.6 is 0 Å². The molecule has 0 amide bonds. The lowest BCUT2D eigenvalue weighted by Crippen LogP contribution is -2.45. The Morgan fingerprint density at radius 1 is 1.19 bits per heavy atom. The zero-order valence-corrected chi connectivity index (χ0v) is 15.9. The largest absolute Gasteiger partial charge is 0.356 e. The fourth-order valence-corrected chi connectivity index (χ4v) is 4.25. The molecule has 27 heavy (non-hydrogen) atoms. The predicted octanol–water partition coefficient (Wildman–Crippen LogP) is 1.70. The molecule has 1 aromatic carbocycles. The number of sulfonamides is 1. The summed E-state index contributed by atoms with van der Waals surface area (Å²) in [4.78, 5) is 11.1. The van der Waals surface area contributed by atoms with Crippen LogP contribution in [0.2, 0.25) is 0 Å². The number of fused-ring (bicyclic) bond motifs is 1. The minimum absolute atomic E-state index is 0.0205. The number of piperidine rings is 1. The summed E-state index contributed by atoms with van der Waals surface area (Å²) in [6.07, 6.45) is 3.00. The van der Waals surface area contributed by atoms with Crippen molar-refractivity contribution in [2.24, 2.45) is 0 Å². The van der Waals surface area contributed by atoms with Crippen LogP contribution in [0.5, 0.6) is 0 Å². The molecule has 0 radical (unpaired) electrons. The predicted molar refractivity (Wildman–Crippen MR) is 104 cm³/mol. The second-order valence-corrected chi connectivity index (χ2v) is 8.66. The molecule has 3 aromatic rings. The Morgan fingerprint density at radius 2 is 1.93 bits per heavy atom. The average molecular weight is 386 g/mol. The SMILES string of the molecule is CCS(=O)(=O)NC1CCN(c2cc(-c3ccccc3)nc3ncnn23)CC1. The van der Waals surface area contributed by atoms with Gasteiger partial charge in [-0.2, -0.15) is 14.6 Å². The van der Waals surface area contributed by atoms with E-state index in [0.29, 0.717) is 5.78 Å². The molecular weight excluding hydrogens is 364 g/mol. The van der Waals surface area contributed by atoms with Gasteiger partial charge in [0.05, 0.1) is 11.4 Å². The van der Waals surface area contributed by atoms with Crippen LogP contribution in [0.25, 0.3) is 17.0 Å². The Labute approximate surface area is 158 Å². The van der Waals surface area contributed by atoms with Crippen molar-refractivity contribution in [3.63, 3.8) is 0 Å². The van der Waals surface area contributed by atoms with Gasteiger partial charge >= 0.3 is 0 Å². The molecule has 0 atom stereocenters. The number of benzene rings is 1. The standard InChI is InChI=1S/C18H22N6O2S/c1-2-27(25,26)22-15-8-10-23(11-9-15)17-12-16(14-6-4-3-5-7-14)21-18-19-13-20-24(17)18/h3-7,12-13,15,22H,2,8-11H2,1H3. The van der Waals surface area contributed by atoms with E-state index in [1.54, 1.807) is 11.4 Å². The first-order valence-electron chi connectivity index (χ1n) is 9.07. The Kier molecular flexibility index (Phi) is 4.79. The molecule has 1 fully saturated rings. The van der Waals surface area contributed by atoms with Gasteiger partial charge < -0.3 is 4.90 Å². The lowest BCUT2D eigenvalue weighted by Gasteiger charge is -2.33. The molecule has 4 rings (SSSR count). The molecule has 0 aliphatic carbocycles. The summed E-state index contributed by atoms with van der Waals surface area (Å²) in [5, 5.41) is 4.31. The highest BCUT2D eigenvalue weighted by Crippen LogP contribution is 2.26. The summed E-state index contributed by atoms with van der Waals surface area (Å²) in [6.45, 7) is 3.13. The van der Waals surface area contributed by atoms with E-state index < -0.39 is 10.0 Å². The van der Waals surface area contributed by atoms with E-state index in [-0.39, 0.29) is 11.8 Å². The third kappa shape index (κ3) is 3.79. The number of hydrogen-bond donors (Lipinski definition) is 1. The van der Waals surface area contributed by atoms with Gasteiger partial charge in [-0.05, 0) is 19.8 Å². The lowest BCUT2D eigenvalue weighted by molar-refractivity contribution is 0.457. The molecule has 1 N–H and O–H groups in total. The molecule has 3 heterocycles. The van der Waals surface area contributed by atoms with Crippen molar-refractivity contribution >= 4 is 21.6 Å². The minimum atomic E-state index is -3.18. The first-order valence-corrected chi connectivity index (χ1v) is 10.7. The number of anilines is 1. The molecule has 8 nitrogen and oxygen atoms in total. The first kappa shape index (κ1) is 17.9. The van der Waals surface area contributed by atoms with E-state index in [2.05, 4.69) is 24.7 Å². The second-order valence-electron chi connectivity index (χ2n) is 6.62. The van der Waals surface area contributed by atoms with Gasteiger partial charge in [-0.25, -0.2) is 18.1 Å². The van der Waals surface area contributed by atoms with Gasteiger partial charge in [0, 0.05) is 30.8 Å². The average Bonchev–Trinajstić information content (AvgIpc) is 3.17. The molecule has 0 spiro atoms. The van der Waals surface area contributed by atoms with Gasteiger partial charge in [-0.15, -0.1) is 0 Å². The van der Waals surface area contributed by atoms with Crippen LogP contribution in [0.15, 0.2) is 42.7 Å². The highest BCUT2D eigenvalue weighted by atomic mass is 32.2. The van der Waals surface area contributed by atoms with Crippen LogP contribution in [0, 0.1) is 0 Å². The minimum Gasteiger partial charge on any atom is -0.356 e. The molecular formula is C18H22N6O2S. The number of rotatable bonds is 5. The summed E-state index contributed by atoms with van der Waals surface area (Å²) >= 11 is 0. The molecule has 2 aromatic heterocycles. The Bertz CT molecular complexity index is 1030. The number of nitrogens with zero attached hydrogens (tertiary/aromatic N) is 5. The molecule has 142 valence electrons. The maximum Gasteiger partial charge on any atom is 0.254 e. The maximum absolute atomic E-state index is 11.8. The van der Waals surface area contributed by atoms with E-state index in [1.807, 2.05) is 36.4 Å². The summed E-state index contributed by atoms with van der Waals surface area (Å²) in [5.41, 5.74) is 1.87. The zero-order valence-electron chi connectivity index (χ0n) is 15.1. The van der Waals surface area contributed by atoms with Crippen molar-refractivity contribution in [3.05, 3.63) is 42.7 Å². The van der Waals surface area contributed by atoms with Crippen molar-refractivity contribution in [1.29, 1.82) is 0 Å². The van der Waals surface area contributed by atoms with Gasteiger partial charge in [0.25, 0.3) is 5.78 Å². The second kappa shape index (κ2) is 7.24. The molecule has 1 aliphatic heterocycles. The van der Waals surface area contributed by atoms with Crippen molar-refractivity contribution in [3.8, 4) is 11.3 Å². The Morgan fingerprint density at radius 3 is 2.63 bits per heavy atom. The van der Waals surface area contributed by atoms with Crippen LogP contribution in [-0.2, 0) is 10.0 Å². The van der Waals surface area contributed by atoms with Crippen molar-refractivity contribution in [2.75, 3.05) is 23.7 Å². The Balaban J connectivity index is 1.60. The van der Waals surface area contributed by atoms with Crippen LogP contribution in [0.3, 0.4) is 0 Å². The third-order valence-corrected chi connectivity index (χ3v) is 6.30. The molecule has 0 saturated carbocycles. The number of hydrogen-bond acceptors (Lipinski definition) is 6. The lowest BCUT2D eigenvalue weighted by atomic mass is 10.1. The van der Waals surface area contributed by atoms with E-state index >= 15 is 0 Å². The zero-order chi connectivity index (χ0) is 18.9. The van der Waals surface area contributed by atoms with E-state index in [4.69, 9.17) is 0 Å². The molecule has 1 aliphatic rings. The summed E-state index contributed by atoms with van der Waals surface area (Å²) in [7, 11) is -3.18. The maximum atomic E-state index is 11.8. The fraction of sp³-hybridized carbons (Fsp3) is 0.389. The summed E-state index contributed by atoms with van der Waals surface area (Å²) in [5.74, 6) is 1.59. The topological polar surface area (TPSA) is 92.5 Å². The number of nitrogens with one attached hydrogen (secondary N) is 1. The fourth-order valence-electron chi connectivity index (χ4n) is 3.34. The highest BCUT2D eigenvalue weighted by molar-refractivity contribution is 7.89. The number of aromatic nitrogens is 4. The van der Waals surface area contributed by atoms with Crippen LogP contribution in [0.4, 0.5) is 5.82 Å². The smallest absolute Gasteiger partial charge is 0.254 e. The van der Waals surface area contributed by atoms with Gasteiger partial charge in [0.1, 0.15) is 12.1 Å². The van der Waals surface area contributed by atoms with E-state index in [1.165, 1.54) is 6.33 Å². The van der Waals surface area contributed by atoms with Gasteiger partial charge in [0.2, 0.25) is 10.0 Å². The molecule has 9 heteroatoms. The first-order chi connectivity index (χ1) is 13.1. The van der Waals surface area contributed by atoms with Crippen molar-refractivity contribution < 1.29 is 8.42 Å². The van der Waals surface area contributed by atoms with Crippen molar-refractivity contribution in [1.82, 2.24) is 24.3 Å². The van der Waals surface area contributed by atoms with Gasteiger partial charge in [-0.1, -0.05) is 30.3 Å². The molecule has 1 saturated heterocycles. The normalized spacial score (nSPS) is 16.1. The van der Waals surface area contributed by atoms with Crippen molar-refractivity contribution in [2.45, 2.75) is 25.8 Å². The van der Waals surface area contributed by atoms with Gasteiger partial charge in [0.15, 0.2) is 0 Å². The van der Waals surface area contributed by atoms with Crippen LogP contribution < -0.4 is 9.62 Å². The highest BCUT2D eigenvalue weighted by Gasteiger charge is 2.25. The van der Waals surface area contributed by atoms with Crippen LogP contribution in [-0.4, -0.2) is 52.9 Å².